The number of halogens is 1. The summed E-state index contributed by atoms with van der Waals surface area (Å²) in [5, 5.41) is 3.21. The molecule has 1 N–H and O–H groups in total. The molecule has 0 unspecified atom stereocenters. The number of hydrogen-bond donors (Lipinski definition) is 1. The molecule has 0 aliphatic carbocycles. The highest BCUT2D eigenvalue weighted by Crippen LogP contribution is 2.39. The SMILES string of the molecule is CCc1nsc(NC(=O)c2cc([C@@H]3C[C@@H](F)CN3C(=O)OC(C)(C)C)sc2C)n1. The maximum absolute atomic E-state index is 14.2. The van der Waals surface area contributed by atoms with Crippen LogP contribution in [0.2, 0.25) is 0 Å². The molecule has 3 heterocycles. The van der Waals surface area contributed by atoms with Gasteiger partial charge in [-0.3, -0.25) is 15.0 Å². The van der Waals surface area contributed by atoms with E-state index in [9.17, 15) is 14.0 Å². The van der Waals surface area contributed by atoms with Crippen LogP contribution in [-0.4, -0.2) is 44.6 Å². The second kappa shape index (κ2) is 8.35. The predicted octanol–water partition coefficient (Wildman–Crippen LogP) is 4.74. The first kappa shape index (κ1) is 21.6. The summed E-state index contributed by atoms with van der Waals surface area (Å²) in [6.07, 6.45) is -0.779. The van der Waals surface area contributed by atoms with E-state index in [1.54, 1.807) is 26.8 Å². The zero-order valence-electron chi connectivity index (χ0n) is 17.1. The molecule has 0 saturated carbocycles. The monoisotopic (exact) mass is 440 g/mol. The first-order chi connectivity index (χ1) is 13.6. The second-order valence-electron chi connectivity index (χ2n) is 7.92. The standard InChI is InChI=1S/C19H25FN4O3S2/c1-6-15-21-17(29-23-15)22-16(25)12-8-14(28-10(12)2)13-7-11(20)9-24(13)18(26)27-19(3,4)5/h8,11,13H,6-7,9H2,1-5H3,(H,21,22,23,25)/t11-,13+/m1/s1. The average Bonchev–Trinajstić information content (AvgIpc) is 3.31. The molecular weight excluding hydrogens is 415 g/mol. The van der Waals surface area contributed by atoms with Gasteiger partial charge in [-0.05, 0) is 33.8 Å². The Hall–Kier alpha value is -2.07. The zero-order chi connectivity index (χ0) is 21.3. The molecule has 0 bridgehead atoms. The Balaban J connectivity index is 1.78. The van der Waals surface area contributed by atoms with E-state index in [1.807, 2.05) is 13.8 Å². The van der Waals surface area contributed by atoms with Crippen LogP contribution < -0.4 is 5.32 Å². The Morgan fingerprint density at radius 1 is 1.41 bits per heavy atom. The summed E-state index contributed by atoms with van der Waals surface area (Å²) in [4.78, 5) is 32.4. The summed E-state index contributed by atoms with van der Waals surface area (Å²) in [5.41, 5.74) is -0.171. The molecule has 1 aliphatic heterocycles. The van der Waals surface area contributed by atoms with Crippen LogP contribution in [0, 0.1) is 6.92 Å². The smallest absolute Gasteiger partial charge is 0.410 e. The molecule has 7 nitrogen and oxygen atoms in total. The number of nitrogens with zero attached hydrogens (tertiary/aromatic N) is 3. The van der Waals surface area contributed by atoms with Crippen molar-refractivity contribution in [3.63, 3.8) is 0 Å². The van der Waals surface area contributed by atoms with Crippen molar-refractivity contribution in [1.29, 1.82) is 0 Å². The van der Waals surface area contributed by atoms with Gasteiger partial charge in [0.2, 0.25) is 5.13 Å². The number of hydrogen-bond acceptors (Lipinski definition) is 7. The number of ether oxygens (including phenoxy) is 1. The molecule has 158 valence electrons. The predicted molar refractivity (Wildman–Crippen MR) is 111 cm³/mol. The number of aromatic nitrogens is 2. The van der Waals surface area contributed by atoms with Gasteiger partial charge >= 0.3 is 6.09 Å². The van der Waals surface area contributed by atoms with Gasteiger partial charge in [0.15, 0.2) is 0 Å². The Bertz CT molecular complexity index is 906. The summed E-state index contributed by atoms with van der Waals surface area (Å²) < 4.78 is 23.7. The molecule has 0 spiro atoms. The molecule has 1 saturated heterocycles. The molecule has 0 radical (unpaired) electrons. The lowest BCUT2D eigenvalue weighted by Crippen LogP contribution is -2.36. The first-order valence-corrected chi connectivity index (χ1v) is 11.0. The molecule has 10 heteroatoms. The van der Waals surface area contributed by atoms with E-state index >= 15 is 0 Å². The number of carbonyl (C=O) groups excluding carboxylic acids is 2. The summed E-state index contributed by atoms with van der Waals surface area (Å²) in [6, 6.07) is 1.29. The lowest BCUT2D eigenvalue weighted by Gasteiger charge is -2.27. The summed E-state index contributed by atoms with van der Waals surface area (Å²) in [6.45, 7) is 9.09. The van der Waals surface area contributed by atoms with Crippen molar-refractivity contribution < 1.29 is 18.7 Å². The van der Waals surface area contributed by atoms with Crippen molar-refractivity contribution in [2.24, 2.45) is 0 Å². The van der Waals surface area contributed by atoms with E-state index in [0.29, 0.717) is 22.9 Å². The Labute approximate surface area is 177 Å². The number of thiophene rings is 1. The van der Waals surface area contributed by atoms with Gasteiger partial charge in [-0.25, -0.2) is 14.2 Å². The maximum Gasteiger partial charge on any atom is 0.410 e. The van der Waals surface area contributed by atoms with Crippen molar-refractivity contribution in [3.05, 3.63) is 27.2 Å². The third-order valence-electron chi connectivity index (χ3n) is 4.39. The number of carbonyl (C=O) groups is 2. The van der Waals surface area contributed by atoms with Crippen LogP contribution in [0.5, 0.6) is 0 Å². The fourth-order valence-electron chi connectivity index (χ4n) is 3.08. The summed E-state index contributed by atoms with van der Waals surface area (Å²) in [5.74, 6) is 0.392. The van der Waals surface area contributed by atoms with Crippen molar-refractivity contribution in [2.45, 2.75) is 65.3 Å². The molecule has 0 aromatic carbocycles. The third kappa shape index (κ3) is 5.11. The van der Waals surface area contributed by atoms with Crippen LogP contribution >= 0.6 is 22.9 Å². The fraction of sp³-hybridized carbons (Fsp3) is 0.579. The number of rotatable bonds is 4. The molecule has 2 atom stereocenters. The van der Waals surface area contributed by atoms with E-state index < -0.39 is 23.9 Å². The minimum absolute atomic E-state index is 0.0113. The maximum atomic E-state index is 14.2. The highest BCUT2D eigenvalue weighted by molar-refractivity contribution is 7.12. The van der Waals surface area contributed by atoms with Crippen LogP contribution in [0.15, 0.2) is 6.07 Å². The minimum Gasteiger partial charge on any atom is -0.444 e. The Morgan fingerprint density at radius 3 is 2.76 bits per heavy atom. The molecule has 2 amide bonds. The topological polar surface area (TPSA) is 84.4 Å². The van der Waals surface area contributed by atoms with Gasteiger partial charge in [0, 0.05) is 34.1 Å². The van der Waals surface area contributed by atoms with Gasteiger partial charge in [0.25, 0.3) is 5.91 Å². The van der Waals surface area contributed by atoms with Gasteiger partial charge in [-0.2, -0.15) is 4.37 Å². The number of nitrogens with one attached hydrogen (secondary N) is 1. The van der Waals surface area contributed by atoms with E-state index in [1.165, 1.54) is 16.2 Å². The molecule has 29 heavy (non-hydrogen) atoms. The molecule has 2 aromatic rings. The Morgan fingerprint density at radius 2 is 2.14 bits per heavy atom. The van der Waals surface area contributed by atoms with Crippen molar-refractivity contribution >= 4 is 40.0 Å². The van der Waals surface area contributed by atoms with E-state index in [4.69, 9.17) is 4.74 Å². The van der Waals surface area contributed by atoms with Crippen LogP contribution in [-0.2, 0) is 11.2 Å². The average molecular weight is 441 g/mol. The second-order valence-corrected chi connectivity index (χ2v) is 9.96. The highest BCUT2D eigenvalue weighted by Gasteiger charge is 2.39. The lowest BCUT2D eigenvalue weighted by molar-refractivity contribution is 0.0219. The zero-order valence-corrected chi connectivity index (χ0v) is 18.7. The molecule has 3 rings (SSSR count). The Kier molecular flexibility index (Phi) is 6.23. The van der Waals surface area contributed by atoms with Gasteiger partial charge < -0.3 is 4.74 Å². The number of alkyl halides is 1. The van der Waals surface area contributed by atoms with E-state index in [2.05, 4.69) is 14.7 Å². The van der Waals surface area contributed by atoms with Crippen molar-refractivity contribution in [2.75, 3.05) is 11.9 Å². The number of amides is 2. The van der Waals surface area contributed by atoms with Crippen LogP contribution in [0.25, 0.3) is 0 Å². The minimum atomic E-state index is -1.12. The largest absolute Gasteiger partial charge is 0.444 e. The first-order valence-electron chi connectivity index (χ1n) is 9.45. The van der Waals surface area contributed by atoms with E-state index in [0.717, 1.165) is 21.3 Å². The van der Waals surface area contributed by atoms with Crippen LogP contribution in [0.3, 0.4) is 0 Å². The molecule has 1 aliphatic rings. The van der Waals surface area contributed by atoms with Crippen LogP contribution in [0.1, 0.15) is 66.1 Å². The number of anilines is 1. The lowest BCUT2D eigenvalue weighted by atomic mass is 10.1. The third-order valence-corrected chi connectivity index (χ3v) is 6.21. The van der Waals surface area contributed by atoms with Crippen molar-refractivity contribution in [1.82, 2.24) is 14.3 Å². The van der Waals surface area contributed by atoms with Gasteiger partial charge in [0.05, 0.1) is 18.2 Å². The van der Waals surface area contributed by atoms with Gasteiger partial charge in [0.1, 0.15) is 17.6 Å². The quantitative estimate of drug-likeness (QED) is 0.742. The van der Waals surface area contributed by atoms with Crippen molar-refractivity contribution in [3.8, 4) is 0 Å². The summed E-state index contributed by atoms with van der Waals surface area (Å²) >= 11 is 2.53. The fourth-order valence-corrected chi connectivity index (χ4v) is 4.88. The molecule has 2 aromatic heterocycles. The number of aryl methyl sites for hydroxylation is 2. The normalized spacial score (nSPS) is 19.4. The molecule has 1 fully saturated rings. The van der Waals surface area contributed by atoms with E-state index in [-0.39, 0.29) is 18.9 Å². The van der Waals surface area contributed by atoms with Gasteiger partial charge in [-0.15, -0.1) is 11.3 Å². The van der Waals surface area contributed by atoms with Gasteiger partial charge in [-0.1, -0.05) is 6.92 Å². The molecular formula is C19H25FN4O3S2. The van der Waals surface area contributed by atoms with Crippen LogP contribution in [0.4, 0.5) is 14.3 Å². The number of likely N-dealkylation sites (tertiary alicyclic amines) is 1. The summed E-state index contributed by atoms with van der Waals surface area (Å²) in [7, 11) is 0. The highest BCUT2D eigenvalue weighted by atomic mass is 32.1.